The molecule has 3 heterocycles. The lowest BCUT2D eigenvalue weighted by molar-refractivity contribution is 0.628. The summed E-state index contributed by atoms with van der Waals surface area (Å²) in [6, 6.07) is 12.3. The van der Waals surface area contributed by atoms with Crippen LogP contribution in [0.2, 0.25) is 0 Å². The van der Waals surface area contributed by atoms with Gasteiger partial charge in [0.1, 0.15) is 22.8 Å². The molecule has 1 N–H and O–H groups in total. The van der Waals surface area contributed by atoms with Gasteiger partial charge in [0, 0.05) is 16.6 Å². The minimum Gasteiger partial charge on any atom is -0.364 e. The third-order valence-corrected chi connectivity index (χ3v) is 4.97. The van der Waals surface area contributed by atoms with E-state index in [1.54, 1.807) is 36.0 Å². The van der Waals surface area contributed by atoms with E-state index in [4.69, 9.17) is 0 Å². The quantitative estimate of drug-likeness (QED) is 0.574. The number of nitrogens with one attached hydrogen (secondary N) is 1. The molecule has 0 fully saturated rings. The maximum absolute atomic E-state index is 13.3. The summed E-state index contributed by atoms with van der Waals surface area (Å²) < 4.78 is 13.3. The average molecular weight is 350 g/mol. The summed E-state index contributed by atoms with van der Waals surface area (Å²) in [6.07, 6.45) is 3.33. The minimum atomic E-state index is -0.245. The highest BCUT2D eigenvalue weighted by molar-refractivity contribution is 7.19. The number of pyridine rings is 1. The van der Waals surface area contributed by atoms with Crippen LogP contribution in [0.4, 0.5) is 10.2 Å². The van der Waals surface area contributed by atoms with E-state index in [0.29, 0.717) is 6.54 Å². The predicted molar refractivity (Wildman–Crippen MR) is 99.1 cm³/mol. The lowest BCUT2D eigenvalue weighted by Gasteiger charge is -2.09. The highest BCUT2D eigenvalue weighted by Gasteiger charge is 2.16. The van der Waals surface area contributed by atoms with Gasteiger partial charge in [0.25, 0.3) is 0 Å². The Kier molecular flexibility index (Phi) is 4.11. The van der Waals surface area contributed by atoms with Gasteiger partial charge in [0.15, 0.2) is 0 Å². The Balaban J connectivity index is 1.78. The van der Waals surface area contributed by atoms with Gasteiger partial charge < -0.3 is 5.32 Å². The van der Waals surface area contributed by atoms with Gasteiger partial charge in [-0.3, -0.25) is 4.98 Å². The van der Waals surface area contributed by atoms with Crippen molar-refractivity contribution < 1.29 is 4.39 Å². The first-order valence-electron chi connectivity index (χ1n) is 7.86. The van der Waals surface area contributed by atoms with Crippen LogP contribution in [0.5, 0.6) is 0 Å². The lowest BCUT2D eigenvalue weighted by Crippen LogP contribution is -2.03. The van der Waals surface area contributed by atoms with Gasteiger partial charge in [-0.2, -0.15) is 0 Å². The second-order valence-corrected chi connectivity index (χ2v) is 6.82. The van der Waals surface area contributed by atoms with Crippen molar-refractivity contribution in [1.82, 2.24) is 15.0 Å². The van der Waals surface area contributed by atoms with Crippen molar-refractivity contribution in [1.29, 1.82) is 0 Å². The van der Waals surface area contributed by atoms with Crippen LogP contribution in [-0.4, -0.2) is 15.0 Å². The van der Waals surface area contributed by atoms with Crippen LogP contribution in [-0.2, 0) is 6.54 Å². The van der Waals surface area contributed by atoms with E-state index in [2.05, 4.69) is 20.3 Å². The molecular weight excluding hydrogens is 335 g/mol. The molecule has 0 atom stereocenters. The Morgan fingerprint density at radius 2 is 1.88 bits per heavy atom. The fourth-order valence-corrected chi connectivity index (χ4v) is 3.83. The fourth-order valence-electron chi connectivity index (χ4n) is 2.82. The maximum Gasteiger partial charge on any atom is 0.139 e. The minimum absolute atomic E-state index is 0.245. The molecule has 0 spiro atoms. The van der Waals surface area contributed by atoms with Crippen molar-refractivity contribution in [3.63, 3.8) is 0 Å². The van der Waals surface area contributed by atoms with Crippen LogP contribution in [0.1, 0.15) is 10.6 Å². The first-order chi connectivity index (χ1) is 12.2. The molecule has 0 bridgehead atoms. The zero-order chi connectivity index (χ0) is 17.2. The van der Waals surface area contributed by atoms with E-state index in [1.165, 1.54) is 12.1 Å². The normalized spacial score (nSPS) is 11.0. The van der Waals surface area contributed by atoms with Gasteiger partial charge in [-0.25, -0.2) is 14.4 Å². The third kappa shape index (κ3) is 3.08. The number of thiophene rings is 1. The number of hydrogen-bond acceptors (Lipinski definition) is 5. The van der Waals surface area contributed by atoms with Crippen LogP contribution >= 0.6 is 11.3 Å². The largest absolute Gasteiger partial charge is 0.364 e. The summed E-state index contributed by atoms with van der Waals surface area (Å²) in [5, 5.41) is 4.32. The lowest BCUT2D eigenvalue weighted by atomic mass is 10.0. The smallest absolute Gasteiger partial charge is 0.139 e. The standard InChI is InChI=1S/C19H15FN4S/c1-12-16(13-5-7-14(20)8-6-13)17-18(23-11-24-19(17)25-12)22-10-15-4-2-3-9-21-15/h2-9,11H,10H2,1H3,(H,22,23,24). The molecule has 25 heavy (non-hydrogen) atoms. The molecule has 1 aromatic carbocycles. The van der Waals surface area contributed by atoms with Gasteiger partial charge in [-0.15, -0.1) is 11.3 Å². The van der Waals surface area contributed by atoms with E-state index < -0.39 is 0 Å². The number of aryl methyl sites for hydroxylation is 1. The molecule has 4 rings (SSSR count). The van der Waals surface area contributed by atoms with E-state index >= 15 is 0 Å². The Labute approximate surface area is 148 Å². The van der Waals surface area contributed by atoms with Crippen LogP contribution in [0, 0.1) is 12.7 Å². The molecule has 0 unspecified atom stereocenters. The van der Waals surface area contributed by atoms with E-state index in [9.17, 15) is 4.39 Å². The molecule has 3 aromatic heterocycles. The molecule has 0 amide bonds. The summed E-state index contributed by atoms with van der Waals surface area (Å²) in [5.41, 5.74) is 2.94. The van der Waals surface area contributed by atoms with E-state index in [-0.39, 0.29) is 5.82 Å². The molecule has 6 heteroatoms. The predicted octanol–water partition coefficient (Wildman–Crippen LogP) is 4.81. The van der Waals surface area contributed by atoms with Gasteiger partial charge in [-0.1, -0.05) is 18.2 Å². The number of fused-ring (bicyclic) bond motifs is 1. The topological polar surface area (TPSA) is 50.7 Å². The van der Waals surface area contributed by atoms with Crippen LogP contribution in [0.25, 0.3) is 21.3 Å². The Bertz CT molecular complexity index is 1010. The molecular formula is C19H15FN4S. The summed E-state index contributed by atoms with van der Waals surface area (Å²) in [7, 11) is 0. The number of aromatic nitrogens is 3. The Morgan fingerprint density at radius 1 is 1.04 bits per heavy atom. The molecule has 0 aliphatic rings. The van der Waals surface area contributed by atoms with Crippen LogP contribution in [0.15, 0.2) is 55.0 Å². The zero-order valence-corrected chi connectivity index (χ0v) is 14.3. The second kappa shape index (κ2) is 6.57. The SMILES string of the molecule is Cc1sc2ncnc(NCc3ccccn3)c2c1-c1ccc(F)cc1. The van der Waals surface area contributed by atoms with Gasteiger partial charge in [0.2, 0.25) is 0 Å². The summed E-state index contributed by atoms with van der Waals surface area (Å²) in [4.78, 5) is 15.2. The molecule has 0 saturated heterocycles. The van der Waals surface area contributed by atoms with Crippen molar-refractivity contribution in [3.8, 4) is 11.1 Å². The summed E-state index contributed by atoms with van der Waals surface area (Å²) >= 11 is 1.61. The van der Waals surface area contributed by atoms with Crippen molar-refractivity contribution >= 4 is 27.4 Å². The van der Waals surface area contributed by atoms with E-state index in [1.807, 2.05) is 25.1 Å². The van der Waals surface area contributed by atoms with Crippen LogP contribution < -0.4 is 5.32 Å². The number of nitrogens with zero attached hydrogens (tertiary/aromatic N) is 3. The average Bonchev–Trinajstić information content (AvgIpc) is 2.98. The zero-order valence-electron chi connectivity index (χ0n) is 13.5. The maximum atomic E-state index is 13.3. The highest BCUT2D eigenvalue weighted by Crippen LogP contribution is 2.40. The van der Waals surface area contributed by atoms with Crippen molar-refractivity contribution in [3.05, 3.63) is 71.4 Å². The number of anilines is 1. The molecule has 0 aliphatic heterocycles. The molecule has 0 radical (unpaired) electrons. The molecule has 0 saturated carbocycles. The first kappa shape index (κ1) is 15.7. The van der Waals surface area contributed by atoms with Crippen molar-refractivity contribution in [2.24, 2.45) is 0 Å². The fraction of sp³-hybridized carbons (Fsp3) is 0.105. The molecule has 0 aliphatic carbocycles. The third-order valence-electron chi connectivity index (χ3n) is 3.96. The summed E-state index contributed by atoms with van der Waals surface area (Å²) in [6.45, 7) is 2.62. The van der Waals surface area contributed by atoms with Gasteiger partial charge in [-0.05, 0) is 36.8 Å². The van der Waals surface area contributed by atoms with Gasteiger partial charge in [0.05, 0.1) is 17.6 Å². The number of halogens is 1. The number of benzene rings is 1. The van der Waals surface area contributed by atoms with Crippen molar-refractivity contribution in [2.75, 3.05) is 5.32 Å². The number of hydrogen-bond donors (Lipinski definition) is 1. The number of rotatable bonds is 4. The summed E-state index contributed by atoms with van der Waals surface area (Å²) in [5.74, 6) is 0.519. The van der Waals surface area contributed by atoms with Crippen LogP contribution in [0.3, 0.4) is 0 Å². The van der Waals surface area contributed by atoms with Crippen molar-refractivity contribution in [2.45, 2.75) is 13.5 Å². The van der Waals surface area contributed by atoms with E-state index in [0.717, 1.165) is 37.7 Å². The first-order valence-corrected chi connectivity index (χ1v) is 8.68. The Hall–Kier alpha value is -2.86. The molecule has 4 aromatic rings. The molecule has 4 nitrogen and oxygen atoms in total. The monoisotopic (exact) mass is 350 g/mol. The second-order valence-electron chi connectivity index (χ2n) is 5.62. The Morgan fingerprint density at radius 3 is 2.64 bits per heavy atom. The highest BCUT2D eigenvalue weighted by atomic mass is 32.1. The van der Waals surface area contributed by atoms with Gasteiger partial charge >= 0.3 is 0 Å². The molecule has 124 valence electrons.